The molecule has 1 aromatic heterocycles. The minimum Gasteiger partial charge on any atom is -0.366 e. The molecule has 0 bridgehead atoms. The summed E-state index contributed by atoms with van der Waals surface area (Å²) >= 11 is 5.64. The second-order valence-electron chi connectivity index (χ2n) is 6.36. The third-order valence-electron chi connectivity index (χ3n) is 3.00. The highest BCUT2D eigenvalue weighted by molar-refractivity contribution is 6.28. The number of hydrogen-bond donors (Lipinski definition) is 0. The van der Waals surface area contributed by atoms with Crippen LogP contribution in [0.25, 0.3) is 0 Å². The van der Waals surface area contributed by atoms with E-state index in [0.29, 0.717) is 13.1 Å². The number of halogens is 4. The summed E-state index contributed by atoms with van der Waals surface area (Å²) in [5, 5.41) is -0.415. The summed E-state index contributed by atoms with van der Waals surface area (Å²) in [7, 11) is 0. The highest BCUT2D eigenvalue weighted by Crippen LogP contribution is 2.34. The normalized spacial score (nSPS) is 21.4. The Balaban J connectivity index is 2.39. The van der Waals surface area contributed by atoms with Gasteiger partial charge < -0.3 is 9.64 Å². The minimum atomic E-state index is -4.56. The molecular formula is C13H17ClF3N3O. The van der Waals surface area contributed by atoms with Gasteiger partial charge in [0, 0.05) is 19.2 Å². The second kappa shape index (κ2) is 4.98. The molecule has 0 N–H and O–H groups in total. The lowest BCUT2D eigenvalue weighted by molar-refractivity contribution is -0.141. The Morgan fingerprint density at radius 3 is 2.14 bits per heavy atom. The number of aromatic nitrogens is 2. The zero-order chi connectivity index (χ0) is 16.1. The molecular weight excluding hydrogens is 307 g/mol. The maximum Gasteiger partial charge on any atom is 0.433 e. The smallest absolute Gasteiger partial charge is 0.366 e. The standard InChI is InChI=1S/C13H17ClF3N3O/c1-11(2)6-20(7-12(3,4)21-11)9-5-8(13(15,16)17)18-10(14)19-9/h5H,6-7H2,1-4H3. The van der Waals surface area contributed by atoms with Crippen LogP contribution in [0.1, 0.15) is 33.4 Å². The molecule has 2 rings (SSSR count). The summed E-state index contributed by atoms with van der Waals surface area (Å²) in [4.78, 5) is 8.91. The summed E-state index contributed by atoms with van der Waals surface area (Å²) in [6, 6.07) is 0.920. The van der Waals surface area contributed by atoms with Crippen molar-refractivity contribution in [3.8, 4) is 0 Å². The van der Waals surface area contributed by atoms with E-state index in [-0.39, 0.29) is 5.82 Å². The first-order valence-corrected chi connectivity index (χ1v) is 6.83. The molecule has 0 aromatic carbocycles. The predicted molar refractivity (Wildman–Crippen MR) is 73.5 cm³/mol. The van der Waals surface area contributed by atoms with E-state index in [9.17, 15) is 13.2 Å². The first kappa shape index (κ1) is 16.3. The Morgan fingerprint density at radius 2 is 1.67 bits per heavy atom. The van der Waals surface area contributed by atoms with Crippen molar-refractivity contribution in [1.82, 2.24) is 9.97 Å². The first-order valence-electron chi connectivity index (χ1n) is 6.45. The first-order chi connectivity index (χ1) is 9.38. The summed E-state index contributed by atoms with van der Waals surface area (Å²) in [5.41, 5.74) is -2.05. The molecule has 0 atom stereocenters. The van der Waals surface area contributed by atoms with Crippen LogP contribution in [0.5, 0.6) is 0 Å². The summed E-state index contributed by atoms with van der Waals surface area (Å²) in [6.45, 7) is 8.37. The Kier molecular flexibility index (Phi) is 3.87. The maximum atomic E-state index is 12.8. The molecule has 0 radical (unpaired) electrons. The van der Waals surface area contributed by atoms with Crippen LogP contribution < -0.4 is 4.90 Å². The van der Waals surface area contributed by atoms with Crippen molar-refractivity contribution in [2.75, 3.05) is 18.0 Å². The van der Waals surface area contributed by atoms with Crippen molar-refractivity contribution < 1.29 is 17.9 Å². The van der Waals surface area contributed by atoms with Crippen LogP contribution in [0, 0.1) is 0 Å². The predicted octanol–water partition coefficient (Wildman–Crippen LogP) is 3.54. The molecule has 118 valence electrons. The molecule has 0 aliphatic carbocycles. The Hall–Kier alpha value is -1.08. The van der Waals surface area contributed by atoms with E-state index in [1.54, 1.807) is 4.90 Å². The number of morpholine rings is 1. The SMILES string of the molecule is CC1(C)CN(c2cc(C(F)(F)F)nc(Cl)n2)CC(C)(C)O1. The van der Waals surface area contributed by atoms with Gasteiger partial charge >= 0.3 is 6.18 Å². The third-order valence-corrected chi connectivity index (χ3v) is 3.16. The van der Waals surface area contributed by atoms with E-state index in [1.807, 2.05) is 27.7 Å². The monoisotopic (exact) mass is 323 g/mol. The van der Waals surface area contributed by atoms with Gasteiger partial charge in [0.25, 0.3) is 0 Å². The number of anilines is 1. The molecule has 0 unspecified atom stereocenters. The molecule has 0 saturated carbocycles. The van der Waals surface area contributed by atoms with Gasteiger partial charge in [-0.3, -0.25) is 0 Å². The Labute approximate surface area is 126 Å². The lowest BCUT2D eigenvalue weighted by atomic mass is 9.99. The van der Waals surface area contributed by atoms with Gasteiger partial charge in [-0.2, -0.15) is 13.2 Å². The fraction of sp³-hybridized carbons (Fsp3) is 0.692. The average molecular weight is 324 g/mol. The molecule has 4 nitrogen and oxygen atoms in total. The van der Waals surface area contributed by atoms with Crippen LogP contribution in [-0.4, -0.2) is 34.3 Å². The van der Waals surface area contributed by atoms with Gasteiger partial charge in [0.2, 0.25) is 5.28 Å². The van der Waals surface area contributed by atoms with Crippen molar-refractivity contribution in [3.05, 3.63) is 17.0 Å². The highest BCUT2D eigenvalue weighted by Gasteiger charge is 2.40. The van der Waals surface area contributed by atoms with Gasteiger partial charge in [-0.25, -0.2) is 9.97 Å². The number of rotatable bonds is 1. The molecule has 8 heteroatoms. The summed E-state index contributed by atoms with van der Waals surface area (Å²) in [6.07, 6.45) is -4.56. The maximum absolute atomic E-state index is 12.8. The van der Waals surface area contributed by atoms with E-state index in [1.165, 1.54) is 0 Å². The number of hydrogen-bond acceptors (Lipinski definition) is 4. The van der Waals surface area contributed by atoms with E-state index >= 15 is 0 Å². The molecule has 1 fully saturated rings. The zero-order valence-corrected chi connectivity index (χ0v) is 13.0. The van der Waals surface area contributed by atoms with Crippen LogP contribution in [-0.2, 0) is 10.9 Å². The van der Waals surface area contributed by atoms with Crippen molar-refractivity contribution in [2.45, 2.75) is 45.1 Å². The van der Waals surface area contributed by atoms with Crippen LogP contribution in [0.15, 0.2) is 6.07 Å². The van der Waals surface area contributed by atoms with Gasteiger partial charge in [0.05, 0.1) is 11.2 Å². The lowest BCUT2D eigenvalue weighted by Gasteiger charge is -2.47. The Bertz CT molecular complexity index is 530. The van der Waals surface area contributed by atoms with Crippen LogP contribution in [0.4, 0.5) is 19.0 Å². The topological polar surface area (TPSA) is 38.2 Å². The zero-order valence-electron chi connectivity index (χ0n) is 12.3. The Morgan fingerprint density at radius 1 is 1.14 bits per heavy atom. The third kappa shape index (κ3) is 3.97. The van der Waals surface area contributed by atoms with E-state index in [4.69, 9.17) is 16.3 Å². The minimum absolute atomic E-state index is 0.159. The lowest BCUT2D eigenvalue weighted by Crippen LogP contribution is -2.57. The fourth-order valence-electron chi connectivity index (χ4n) is 2.66. The average Bonchev–Trinajstić information content (AvgIpc) is 2.22. The van der Waals surface area contributed by atoms with E-state index in [2.05, 4.69) is 9.97 Å². The van der Waals surface area contributed by atoms with Crippen LogP contribution >= 0.6 is 11.6 Å². The van der Waals surface area contributed by atoms with E-state index < -0.39 is 28.4 Å². The number of alkyl halides is 3. The second-order valence-corrected chi connectivity index (χ2v) is 6.69. The molecule has 1 aliphatic rings. The molecule has 21 heavy (non-hydrogen) atoms. The highest BCUT2D eigenvalue weighted by atomic mass is 35.5. The molecule has 1 aromatic rings. The number of ether oxygens (including phenoxy) is 1. The van der Waals surface area contributed by atoms with Gasteiger partial charge in [-0.15, -0.1) is 0 Å². The molecule has 1 aliphatic heterocycles. The van der Waals surface area contributed by atoms with E-state index in [0.717, 1.165) is 6.07 Å². The van der Waals surface area contributed by atoms with Gasteiger partial charge in [0.15, 0.2) is 5.69 Å². The summed E-state index contributed by atoms with van der Waals surface area (Å²) < 4.78 is 44.4. The van der Waals surface area contributed by atoms with Crippen molar-refractivity contribution >= 4 is 17.4 Å². The van der Waals surface area contributed by atoms with Gasteiger partial charge in [-0.1, -0.05) is 0 Å². The van der Waals surface area contributed by atoms with Gasteiger partial charge in [-0.05, 0) is 39.3 Å². The molecule has 0 spiro atoms. The largest absolute Gasteiger partial charge is 0.433 e. The molecule has 2 heterocycles. The fourth-order valence-corrected chi connectivity index (χ4v) is 2.84. The summed E-state index contributed by atoms with van der Waals surface area (Å²) in [5.74, 6) is 0.159. The van der Waals surface area contributed by atoms with Crippen LogP contribution in [0.3, 0.4) is 0 Å². The van der Waals surface area contributed by atoms with Crippen molar-refractivity contribution in [2.24, 2.45) is 0 Å². The van der Waals surface area contributed by atoms with Crippen molar-refractivity contribution in [1.29, 1.82) is 0 Å². The van der Waals surface area contributed by atoms with Gasteiger partial charge in [0.1, 0.15) is 5.82 Å². The van der Waals surface area contributed by atoms with Crippen molar-refractivity contribution in [3.63, 3.8) is 0 Å². The molecule has 0 amide bonds. The number of nitrogens with zero attached hydrogens (tertiary/aromatic N) is 3. The quantitative estimate of drug-likeness (QED) is 0.741. The van der Waals surface area contributed by atoms with Crippen LogP contribution in [0.2, 0.25) is 5.28 Å². The molecule has 1 saturated heterocycles.